The van der Waals surface area contributed by atoms with Gasteiger partial charge in [-0.25, -0.2) is 8.78 Å². The van der Waals surface area contributed by atoms with Crippen molar-refractivity contribution in [1.82, 2.24) is 0 Å². The van der Waals surface area contributed by atoms with Gasteiger partial charge in [-0.1, -0.05) is 0 Å². The number of nitrogens with two attached hydrogens (primary N) is 1. The Hall–Kier alpha value is -1.16. The molecular formula is C10H11F2NO. The molecule has 0 aliphatic heterocycles. The predicted molar refractivity (Wildman–Crippen MR) is 48.2 cm³/mol. The molecular weight excluding hydrogens is 188 g/mol. The normalized spacial score (nSPS) is 24.9. The van der Waals surface area contributed by atoms with Gasteiger partial charge in [0.05, 0.1) is 7.11 Å². The lowest BCUT2D eigenvalue weighted by Crippen LogP contribution is -2.04. The number of methoxy groups -OCH3 is 1. The van der Waals surface area contributed by atoms with Gasteiger partial charge in [0.25, 0.3) is 0 Å². The molecule has 1 saturated carbocycles. The standard InChI is InChI=1S/C10H11F2NO/c1-14-9-3-5(11)2-7(12)10(9)6-4-8(6)13/h2-3,6,8H,4,13H2,1H3. The Balaban J connectivity index is 2.46. The number of benzene rings is 1. The molecule has 1 aliphatic rings. The lowest BCUT2D eigenvalue weighted by atomic mass is 10.1. The third-order valence-electron chi connectivity index (χ3n) is 2.49. The van der Waals surface area contributed by atoms with Crippen molar-refractivity contribution in [2.75, 3.05) is 7.11 Å². The van der Waals surface area contributed by atoms with Crippen LogP contribution in [0.5, 0.6) is 5.75 Å². The molecule has 76 valence electrons. The summed E-state index contributed by atoms with van der Waals surface area (Å²) in [7, 11) is 1.39. The van der Waals surface area contributed by atoms with Gasteiger partial charge in [-0.15, -0.1) is 0 Å². The Morgan fingerprint density at radius 1 is 1.43 bits per heavy atom. The van der Waals surface area contributed by atoms with Crippen molar-refractivity contribution in [3.63, 3.8) is 0 Å². The highest BCUT2D eigenvalue weighted by Crippen LogP contribution is 2.44. The van der Waals surface area contributed by atoms with E-state index in [2.05, 4.69) is 0 Å². The van der Waals surface area contributed by atoms with E-state index in [9.17, 15) is 8.78 Å². The van der Waals surface area contributed by atoms with Gasteiger partial charge >= 0.3 is 0 Å². The van der Waals surface area contributed by atoms with Crippen LogP contribution in [0, 0.1) is 11.6 Å². The maximum Gasteiger partial charge on any atom is 0.133 e. The van der Waals surface area contributed by atoms with Gasteiger partial charge < -0.3 is 10.5 Å². The van der Waals surface area contributed by atoms with E-state index in [-0.39, 0.29) is 17.7 Å². The summed E-state index contributed by atoms with van der Waals surface area (Å²) >= 11 is 0. The van der Waals surface area contributed by atoms with Crippen LogP contribution in [0.2, 0.25) is 0 Å². The second-order valence-corrected chi connectivity index (χ2v) is 3.51. The Labute approximate surface area is 80.7 Å². The minimum absolute atomic E-state index is 0.0226. The van der Waals surface area contributed by atoms with Gasteiger partial charge in [0.1, 0.15) is 17.4 Å². The summed E-state index contributed by atoms with van der Waals surface area (Å²) in [6, 6.07) is 2.02. The lowest BCUT2D eigenvalue weighted by molar-refractivity contribution is 0.399. The Morgan fingerprint density at radius 3 is 2.57 bits per heavy atom. The average Bonchev–Trinajstić information content (AvgIpc) is 2.80. The first-order valence-corrected chi connectivity index (χ1v) is 4.42. The van der Waals surface area contributed by atoms with Crippen molar-refractivity contribution in [2.24, 2.45) is 5.73 Å². The van der Waals surface area contributed by atoms with Crippen LogP contribution in [0.3, 0.4) is 0 Å². The molecule has 1 aromatic rings. The summed E-state index contributed by atoms with van der Waals surface area (Å²) in [4.78, 5) is 0. The molecule has 2 N–H and O–H groups in total. The molecule has 4 heteroatoms. The molecule has 0 amide bonds. The van der Waals surface area contributed by atoms with E-state index >= 15 is 0 Å². The van der Waals surface area contributed by atoms with E-state index in [4.69, 9.17) is 10.5 Å². The van der Waals surface area contributed by atoms with Crippen LogP contribution < -0.4 is 10.5 Å². The van der Waals surface area contributed by atoms with E-state index in [0.29, 0.717) is 5.56 Å². The smallest absolute Gasteiger partial charge is 0.133 e. The van der Waals surface area contributed by atoms with Crippen LogP contribution in [0.15, 0.2) is 12.1 Å². The predicted octanol–water partition coefficient (Wildman–Crippen LogP) is 1.79. The van der Waals surface area contributed by atoms with Crippen LogP contribution in [-0.2, 0) is 0 Å². The third-order valence-corrected chi connectivity index (χ3v) is 2.49. The molecule has 2 unspecified atom stereocenters. The largest absolute Gasteiger partial charge is 0.496 e. The number of halogens is 2. The average molecular weight is 199 g/mol. The highest BCUT2D eigenvalue weighted by Gasteiger charge is 2.39. The maximum absolute atomic E-state index is 13.4. The van der Waals surface area contributed by atoms with Gasteiger partial charge in [0.2, 0.25) is 0 Å². The van der Waals surface area contributed by atoms with E-state index in [1.54, 1.807) is 0 Å². The van der Waals surface area contributed by atoms with Gasteiger partial charge in [-0.05, 0) is 6.42 Å². The van der Waals surface area contributed by atoms with E-state index in [1.165, 1.54) is 13.2 Å². The quantitative estimate of drug-likeness (QED) is 0.788. The van der Waals surface area contributed by atoms with Crippen LogP contribution in [-0.4, -0.2) is 13.2 Å². The highest BCUT2D eigenvalue weighted by molar-refractivity contribution is 5.42. The number of rotatable bonds is 2. The minimum Gasteiger partial charge on any atom is -0.496 e. The summed E-state index contributed by atoms with van der Waals surface area (Å²) < 4.78 is 31.1. The first kappa shape index (κ1) is 9.40. The fourth-order valence-electron chi connectivity index (χ4n) is 1.64. The van der Waals surface area contributed by atoms with Crippen molar-refractivity contribution in [2.45, 2.75) is 18.4 Å². The van der Waals surface area contributed by atoms with Gasteiger partial charge in [0.15, 0.2) is 0 Å². The number of hydrogen-bond acceptors (Lipinski definition) is 2. The maximum atomic E-state index is 13.4. The molecule has 0 heterocycles. The van der Waals surface area contributed by atoms with E-state index in [1.807, 2.05) is 0 Å². The molecule has 0 spiro atoms. The summed E-state index contributed by atoms with van der Waals surface area (Å²) in [6.45, 7) is 0. The molecule has 0 saturated heterocycles. The van der Waals surface area contributed by atoms with Crippen LogP contribution in [0.1, 0.15) is 17.9 Å². The van der Waals surface area contributed by atoms with Crippen LogP contribution in [0.25, 0.3) is 0 Å². The summed E-state index contributed by atoms with van der Waals surface area (Å²) in [5.41, 5.74) is 6.02. The Morgan fingerprint density at radius 2 is 2.07 bits per heavy atom. The van der Waals surface area contributed by atoms with E-state index in [0.717, 1.165) is 12.5 Å². The fourth-order valence-corrected chi connectivity index (χ4v) is 1.64. The molecule has 1 aliphatic carbocycles. The first-order valence-electron chi connectivity index (χ1n) is 4.42. The van der Waals surface area contributed by atoms with Crippen molar-refractivity contribution < 1.29 is 13.5 Å². The van der Waals surface area contributed by atoms with Crippen LogP contribution in [0.4, 0.5) is 8.78 Å². The van der Waals surface area contributed by atoms with Crippen LogP contribution >= 0.6 is 0 Å². The van der Waals surface area contributed by atoms with Crippen molar-refractivity contribution in [1.29, 1.82) is 0 Å². The summed E-state index contributed by atoms with van der Waals surface area (Å²) in [5, 5.41) is 0. The Bertz CT molecular complexity index is 367. The second kappa shape index (κ2) is 3.20. The molecule has 14 heavy (non-hydrogen) atoms. The molecule has 0 aromatic heterocycles. The van der Waals surface area contributed by atoms with Gasteiger partial charge in [-0.2, -0.15) is 0 Å². The first-order chi connectivity index (χ1) is 6.63. The van der Waals surface area contributed by atoms with Crippen molar-refractivity contribution in [3.05, 3.63) is 29.3 Å². The second-order valence-electron chi connectivity index (χ2n) is 3.51. The molecule has 1 fully saturated rings. The molecule has 2 atom stereocenters. The molecule has 0 radical (unpaired) electrons. The number of hydrogen-bond donors (Lipinski definition) is 1. The van der Waals surface area contributed by atoms with Crippen molar-refractivity contribution in [3.8, 4) is 5.75 Å². The zero-order valence-electron chi connectivity index (χ0n) is 7.76. The van der Waals surface area contributed by atoms with Crippen molar-refractivity contribution >= 4 is 0 Å². The SMILES string of the molecule is COc1cc(F)cc(F)c1C1CC1N. The fraction of sp³-hybridized carbons (Fsp3) is 0.400. The zero-order chi connectivity index (χ0) is 10.3. The minimum atomic E-state index is -0.627. The number of ether oxygens (including phenoxy) is 1. The molecule has 2 nitrogen and oxygen atoms in total. The molecule has 0 bridgehead atoms. The topological polar surface area (TPSA) is 35.2 Å². The Kier molecular flexibility index (Phi) is 2.15. The summed E-state index contributed by atoms with van der Waals surface area (Å²) in [5.74, 6) is -0.969. The van der Waals surface area contributed by atoms with E-state index < -0.39 is 11.6 Å². The monoisotopic (exact) mass is 199 g/mol. The molecule has 2 rings (SSSR count). The zero-order valence-corrected chi connectivity index (χ0v) is 7.76. The highest BCUT2D eigenvalue weighted by atomic mass is 19.1. The van der Waals surface area contributed by atoms with Gasteiger partial charge in [-0.3, -0.25) is 0 Å². The molecule has 1 aromatic carbocycles. The lowest BCUT2D eigenvalue weighted by Gasteiger charge is -2.08. The van der Waals surface area contributed by atoms with Gasteiger partial charge in [0, 0.05) is 29.7 Å². The third kappa shape index (κ3) is 1.46. The summed E-state index contributed by atoms with van der Waals surface area (Å²) in [6.07, 6.45) is 0.735.